The Balaban J connectivity index is 3.60. The van der Waals surface area contributed by atoms with Crippen molar-refractivity contribution < 1.29 is 9.47 Å². The Morgan fingerprint density at radius 3 is 1.50 bits per heavy atom. The van der Waals surface area contributed by atoms with Crippen LogP contribution in [0.15, 0.2) is 8.96 Å². The molecule has 2 nitrogen and oxygen atoms in total. The van der Waals surface area contributed by atoms with Crippen LogP contribution in [0.1, 0.15) is 39.5 Å². The minimum atomic E-state index is 0.623. The van der Waals surface area contributed by atoms with Gasteiger partial charge in [0.2, 0.25) is 0 Å². The fourth-order valence-electron chi connectivity index (χ4n) is 0.973. The molecule has 0 aromatic rings. The average Bonchev–Trinajstić information content (AvgIpc) is 2.29. The van der Waals surface area contributed by atoms with Crippen molar-refractivity contribution in [2.45, 2.75) is 39.5 Å². The summed E-state index contributed by atoms with van der Waals surface area (Å²) in [5, 5.41) is 0. The first kappa shape index (κ1) is 16.6. The summed E-state index contributed by atoms with van der Waals surface area (Å²) in [7, 11) is 0. The average molecular weight is 358 g/mol. The van der Waals surface area contributed by atoms with E-state index in [0.717, 1.165) is 35.0 Å². The third-order valence-corrected chi connectivity index (χ3v) is 3.98. The van der Waals surface area contributed by atoms with Crippen molar-refractivity contribution in [2.24, 2.45) is 0 Å². The molecule has 0 aliphatic heterocycles. The molecule has 0 bridgehead atoms. The zero-order chi connectivity index (χ0) is 12.2. The number of halogens is 2. The molecule has 0 rings (SSSR count). The number of hydrogen-bond acceptors (Lipinski definition) is 2. The Morgan fingerprint density at radius 2 is 1.19 bits per heavy atom. The molecule has 0 spiro atoms. The quantitative estimate of drug-likeness (QED) is 0.531. The van der Waals surface area contributed by atoms with Gasteiger partial charge in [-0.05, 0) is 12.8 Å². The maximum absolute atomic E-state index is 5.49. The van der Waals surface area contributed by atoms with Crippen LogP contribution in [-0.4, -0.2) is 26.4 Å². The number of ether oxygens (including phenoxy) is 2. The van der Waals surface area contributed by atoms with Crippen LogP contribution < -0.4 is 0 Å². The maximum atomic E-state index is 5.49. The minimum Gasteiger partial charge on any atom is -0.376 e. The standard InChI is InChI=1S/C12H22Br2O2/c1-3-5-7-15-9-11(13)12(14)10-16-8-6-4-2/h3-10H2,1-2H3. The highest BCUT2D eigenvalue weighted by atomic mass is 79.9. The third-order valence-electron chi connectivity index (χ3n) is 2.04. The van der Waals surface area contributed by atoms with E-state index in [9.17, 15) is 0 Å². The van der Waals surface area contributed by atoms with Crippen LogP contribution in [0, 0.1) is 0 Å². The van der Waals surface area contributed by atoms with Gasteiger partial charge in [-0.2, -0.15) is 0 Å². The minimum absolute atomic E-state index is 0.623. The van der Waals surface area contributed by atoms with E-state index in [0.29, 0.717) is 13.2 Å². The fourth-order valence-corrected chi connectivity index (χ4v) is 1.53. The predicted molar refractivity (Wildman–Crippen MR) is 76.3 cm³/mol. The summed E-state index contributed by atoms with van der Waals surface area (Å²) in [6, 6.07) is 0. The molecule has 96 valence electrons. The maximum Gasteiger partial charge on any atom is 0.0790 e. The molecule has 0 aliphatic carbocycles. The lowest BCUT2D eigenvalue weighted by atomic mass is 10.4. The molecule has 0 saturated carbocycles. The second-order valence-electron chi connectivity index (χ2n) is 3.62. The smallest absolute Gasteiger partial charge is 0.0790 e. The van der Waals surface area contributed by atoms with Gasteiger partial charge in [0.1, 0.15) is 0 Å². The van der Waals surface area contributed by atoms with Gasteiger partial charge in [0.25, 0.3) is 0 Å². The van der Waals surface area contributed by atoms with Crippen LogP contribution in [-0.2, 0) is 9.47 Å². The molecule has 0 aromatic heterocycles. The molecule has 0 aromatic carbocycles. The molecule has 0 aliphatic rings. The van der Waals surface area contributed by atoms with Gasteiger partial charge in [0.15, 0.2) is 0 Å². The van der Waals surface area contributed by atoms with Gasteiger partial charge in [0, 0.05) is 22.2 Å². The van der Waals surface area contributed by atoms with Crippen molar-refractivity contribution in [1.82, 2.24) is 0 Å². The highest BCUT2D eigenvalue weighted by Gasteiger charge is 2.01. The van der Waals surface area contributed by atoms with Gasteiger partial charge in [-0.1, -0.05) is 58.5 Å². The molecule has 0 radical (unpaired) electrons. The first-order valence-corrected chi connectivity index (χ1v) is 7.49. The summed E-state index contributed by atoms with van der Waals surface area (Å²) < 4.78 is 13.1. The Kier molecular flexibility index (Phi) is 12.6. The second-order valence-corrected chi connectivity index (χ2v) is 5.54. The number of unbranched alkanes of at least 4 members (excludes halogenated alkanes) is 2. The van der Waals surface area contributed by atoms with Crippen molar-refractivity contribution in [3.63, 3.8) is 0 Å². The molecule has 0 heterocycles. The molecule has 16 heavy (non-hydrogen) atoms. The van der Waals surface area contributed by atoms with Crippen molar-refractivity contribution >= 4 is 31.9 Å². The Morgan fingerprint density at radius 1 is 0.812 bits per heavy atom. The number of hydrogen-bond donors (Lipinski definition) is 0. The monoisotopic (exact) mass is 356 g/mol. The van der Waals surface area contributed by atoms with E-state index in [-0.39, 0.29) is 0 Å². The summed E-state index contributed by atoms with van der Waals surface area (Å²) in [5.74, 6) is 0. The van der Waals surface area contributed by atoms with Crippen LogP contribution in [0.4, 0.5) is 0 Å². The van der Waals surface area contributed by atoms with Crippen molar-refractivity contribution in [3.8, 4) is 0 Å². The van der Waals surface area contributed by atoms with E-state index in [4.69, 9.17) is 9.47 Å². The van der Waals surface area contributed by atoms with Gasteiger partial charge in [-0.15, -0.1) is 0 Å². The summed E-state index contributed by atoms with van der Waals surface area (Å²) in [5.41, 5.74) is 0. The largest absolute Gasteiger partial charge is 0.376 e. The van der Waals surface area contributed by atoms with Crippen molar-refractivity contribution in [2.75, 3.05) is 26.4 Å². The topological polar surface area (TPSA) is 18.5 Å². The lowest BCUT2D eigenvalue weighted by Gasteiger charge is -2.07. The molecule has 0 saturated heterocycles. The van der Waals surface area contributed by atoms with Crippen LogP contribution in [0.5, 0.6) is 0 Å². The van der Waals surface area contributed by atoms with E-state index >= 15 is 0 Å². The van der Waals surface area contributed by atoms with Crippen LogP contribution in [0.3, 0.4) is 0 Å². The lowest BCUT2D eigenvalue weighted by Crippen LogP contribution is -2.01. The molecular weight excluding hydrogens is 336 g/mol. The highest BCUT2D eigenvalue weighted by Crippen LogP contribution is 2.18. The predicted octanol–water partition coefficient (Wildman–Crippen LogP) is 4.62. The summed E-state index contributed by atoms with van der Waals surface area (Å²) >= 11 is 6.98. The molecule has 0 fully saturated rings. The Hall–Kier alpha value is 0.620. The van der Waals surface area contributed by atoms with Crippen LogP contribution >= 0.6 is 31.9 Å². The number of rotatable bonds is 10. The van der Waals surface area contributed by atoms with Gasteiger partial charge in [-0.3, -0.25) is 0 Å². The van der Waals surface area contributed by atoms with E-state index in [1.54, 1.807) is 0 Å². The third kappa shape index (κ3) is 9.82. The molecule has 0 N–H and O–H groups in total. The van der Waals surface area contributed by atoms with Gasteiger partial charge in [-0.25, -0.2) is 0 Å². The van der Waals surface area contributed by atoms with Crippen LogP contribution in [0.2, 0.25) is 0 Å². The molecule has 4 heteroatoms. The summed E-state index contributed by atoms with van der Waals surface area (Å²) in [4.78, 5) is 0. The Labute approximate surface area is 116 Å². The SMILES string of the molecule is CCCCOCC(Br)=C(Br)COCCCC. The second kappa shape index (κ2) is 12.1. The molecule has 0 amide bonds. The normalized spacial score (nSPS) is 12.8. The summed E-state index contributed by atoms with van der Waals surface area (Å²) in [6.07, 6.45) is 4.57. The Bertz CT molecular complexity index is 173. The van der Waals surface area contributed by atoms with E-state index in [1.165, 1.54) is 12.8 Å². The zero-order valence-electron chi connectivity index (χ0n) is 10.2. The molecule has 0 unspecified atom stereocenters. The highest BCUT2D eigenvalue weighted by molar-refractivity contribution is 9.14. The zero-order valence-corrected chi connectivity index (χ0v) is 13.4. The molecule has 0 atom stereocenters. The van der Waals surface area contributed by atoms with E-state index in [1.807, 2.05) is 0 Å². The fraction of sp³-hybridized carbons (Fsp3) is 0.833. The van der Waals surface area contributed by atoms with Crippen molar-refractivity contribution in [1.29, 1.82) is 0 Å². The van der Waals surface area contributed by atoms with Gasteiger partial charge >= 0.3 is 0 Å². The van der Waals surface area contributed by atoms with E-state index in [2.05, 4.69) is 45.7 Å². The van der Waals surface area contributed by atoms with E-state index < -0.39 is 0 Å². The van der Waals surface area contributed by atoms with Crippen LogP contribution in [0.25, 0.3) is 0 Å². The molecular formula is C12H22Br2O2. The van der Waals surface area contributed by atoms with Gasteiger partial charge < -0.3 is 9.47 Å². The summed E-state index contributed by atoms with van der Waals surface area (Å²) in [6.45, 7) is 7.21. The van der Waals surface area contributed by atoms with Gasteiger partial charge in [0.05, 0.1) is 13.2 Å². The first-order valence-electron chi connectivity index (χ1n) is 5.90. The van der Waals surface area contributed by atoms with Crippen molar-refractivity contribution in [3.05, 3.63) is 8.96 Å². The lowest BCUT2D eigenvalue weighted by molar-refractivity contribution is 0.148. The first-order chi connectivity index (χ1) is 7.72.